The summed E-state index contributed by atoms with van der Waals surface area (Å²) >= 11 is 1.37. The second-order valence-electron chi connectivity index (χ2n) is 8.18. The Morgan fingerprint density at radius 3 is 2.42 bits per heavy atom. The van der Waals surface area contributed by atoms with Crippen LogP contribution in [0.15, 0.2) is 103 Å². The van der Waals surface area contributed by atoms with Gasteiger partial charge in [-0.1, -0.05) is 85.4 Å². The lowest BCUT2D eigenvalue weighted by molar-refractivity contribution is -0.118. The highest BCUT2D eigenvalue weighted by Gasteiger charge is 2.15. The Morgan fingerprint density at radius 1 is 0.917 bits per heavy atom. The average Bonchev–Trinajstić information content (AvgIpc) is 3.59. The van der Waals surface area contributed by atoms with Gasteiger partial charge in [0.05, 0.1) is 22.8 Å². The molecule has 3 aromatic carbocycles. The molecule has 36 heavy (non-hydrogen) atoms. The minimum absolute atomic E-state index is 0.0789. The molecule has 0 aliphatic carbocycles. The molecule has 0 bridgehead atoms. The zero-order valence-electron chi connectivity index (χ0n) is 19.9. The van der Waals surface area contributed by atoms with E-state index in [2.05, 4.69) is 28.5 Å². The Labute approximate surface area is 214 Å². The van der Waals surface area contributed by atoms with Crippen molar-refractivity contribution in [1.29, 1.82) is 0 Å². The fourth-order valence-corrected chi connectivity index (χ4v) is 4.75. The molecule has 180 valence electrons. The predicted octanol–water partition coefficient (Wildman–Crippen LogP) is 5.09. The van der Waals surface area contributed by atoms with Gasteiger partial charge in [-0.15, -0.1) is 10.2 Å². The Bertz CT molecular complexity index is 1450. The number of thioether (sulfide) groups is 1. The average molecular weight is 495 g/mol. The molecule has 0 saturated heterocycles. The van der Waals surface area contributed by atoms with E-state index in [4.69, 9.17) is 5.10 Å². The first-order valence-electron chi connectivity index (χ1n) is 11.8. The van der Waals surface area contributed by atoms with Crippen molar-refractivity contribution >= 4 is 17.7 Å². The second-order valence-corrected chi connectivity index (χ2v) is 9.12. The van der Waals surface area contributed by atoms with E-state index in [1.165, 1.54) is 17.3 Å². The highest BCUT2D eigenvalue weighted by Crippen LogP contribution is 2.25. The lowest BCUT2D eigenvalue weighted by Gasteiger charge is -2.10. The lowest BCUT2D eigenvalue weighted by Crippen LogP contribution is -2.24. The highest BCUT2D eigenvalue weighted by atomic mass is 32.2. The van der Waals surface area contributed by atoms with Crippen molar-refractivity contribution in [3.63, 3.8) is 0 Å². The van der Waals surface area contributed by atoms with Crippen molar-refractivity contribution in [3.05, 3.63) is 109 Å². The Balaban J connectivity index is 1.29. The fraction of sp³-hybridized carbons (Fsp3) is 0.143. The van der Waals surface area contributed by atoms with Crippen LogP contribution in [-0.2, 0) is 17.8 Å². The molecular weight excluding hydrogens is 468 g/mol. The first-order chi connectivity index (χ1) is 17.7. The number of benzene rings is 3. The van der Waals surface area contributed by atoms with Crippen LogP contribution in [-0.4, -0.2) is 36.2 Å². The number of amides is 1. The van der Waals surface area contributed by atoms with Gasteiger partial charge in [0.15, 0.2) is 5.16 Å². The molecule has 2 heterocycles. The number of hydrogen-bond donors (Lipinski definition) is 1. The summed E-state index contributed by atoms with van der Waals surface area (Å²) in [5.41, 5.74) is 6.01. The zero-order chi connectivity index (χ0) is 24.7. The Morgan fingerprint density at radius 2 is 1.64 bits per heavy atom. The predicted molar refractivity (Wildman–Crippen MR) is 142 cm³/mol. The van der Waals surface area contributed by atoms with Gasteiger partial charge in [0, 0.05) is 23.9 Å². The summed E-state index contributed by atoms with van der Waals surface area (Å²) in [5.74, 6) is 0.158. The first kappa shape index (κ1) is 23.6. The summed E-state index contributed by atoms with van der Waals surface area (Å²) in [7, 11) is 0. The van der Waals surface area contributed by atoms with Gasteiger partial charge in [-0.25, -0.2) is 4.68 Å². The molecule has 5 aromatic rings. The van der Waals surface area contributed by atoms with Gasteiger partial charge in [-0.05, 0) is 30.2 Å². The van der Waals surface area contributed by atoms with Crippen molar-refractivity contribution in [2.24, 2.45) is 0 Å². The monoisotopic (exact) mass is 494 g/mol. The number of aryl methyl sites for hydroxylation is 1. The molecule has 0 unspecified atom stereocenters. The van der Waals surface area contributed by atoms with E-state index in [0.29, 0.717) is 11.7 Å². The number of carbonyl (C=O) groups is 1. The van der Waals surface area contributed by atoms with Gasteiger partial charge >= 0.3 is 0 Å². The lowest BCUT2D eigenvalue weighted by atomic mass is 10.1. The van der Waals surface area contributed by atoms with Gasteiger partial charge in [-0.2, -0.15) is 5.10 Å². The van der Waals surface area contributed by atoms with Gasteiger partial charge in [0.2, 0.25) is 5.91 Å². The summed E-state index contributed by atoms with van der Waals surface area (Å²) < 4.78 is 3.79. The molecular formula is C28H26N6OS. The molecule has 1 amide bonds. The van der Waals surface area contributed by atoms with Crippen molar-refractivity contribution < 1.29 is 4.79 Å². The fourth-order valence-electron chi connectivity index (χ4n) is 4.00. The molecule has 8 heteroatoms. The van der Waals surface area contributed by atoms with Crippen molar-refractivity contribution in [1.82, 2.24) is 29.9 Å². The van der Waals surface area contributed by atoms with E-state index < -0.39 is 0 Å². The molecule has 0 radical (unpaired) electrons. The highest BCUT2D eigenvalue weighted by molar-refractivity contribution is 7.99. The van der Waals surface area contributed by atoms with Crippen molar-refractivity contribution in [3.8, 4) is 22.6 Å². The maximum Gasteiger partial charge on any atom is 0.230 e. The van der Waals surface area contributed by atoms with E-state index in [1.807, 2.05) is 94.3 Å². The summed E-state index contributed by atoms with van der Waals surface area (Å²) in [6, 6.07) is 28.1. The van der Waals surface area contributed by atoms with E-state index in [9.17, 15) is 4.79 Å². The molecule has 7 nitrogen and oxygen atoms in total. The van der Waals surface area contributed by atoms with Gasteiger partial charge < -0.3 is 5.32 Å². The first-order valence-corrected chi connectivity index (χ1v) is 12.8. The van der Waals surface area contributed by atoms with Gasteiger partial charge in [0.1, 0.15) is 6.33 Å². The minimum Gasteiger partial charge on any atom is -0.351 e. The van der Waals surface area contributed by atoms with Crippen LogP contribution in [0.25, 0.3) is 22.6 Å². The molecule has 2 aromatic heterocycles. The molecule has 0 aliphatic heterocycles. The van der Waals surface area contributed by atoms with Crippen molar-refractivity contribution in [2.45, 2.75) is 25.0 Å². The van der Waals surface area contributed by atoms with E-state index in [0.717, 1.165) is 34.6 Å². The third-order valence-corrected chi connectivity index (χ3v) is 6.76. The normalized spacial score (nSPS) is 10.9. The van der Waals surface area contributed by atoms with Crippen LogP contribution in [0.1, 0.15) is 18.1 Å². The number of carbonyl (C=O) groups excluding carboxylic acids is 1. The SMILES string of the molecule is CCc1ccccc1-n1cnnc1SCC(=O)NCc1cn(-c2ccccc2)nc1-c1ccccc1. The Hall–Kier alpha value is -4.17. The van der Waals surface area contributed by atoms with E-state index >= 15 is 0 Å². The van der Waals surface area contributed by atoms with Crippen LogP contribution in [0.3, 0.4) is 0 Å². The topological polar surface area (TPSA) is 77.6 Å². The van der Waals surface area contributed by atoms with Crippen LogP contribution in [0.2, 0.25) is 0 Å². The van der Waals surface area contributed by atoms with Crippen LogP contribution in [0, 0.1) is 0 Å². The van der Waals surface area contributed by atoms with E-state index in [1.54, 1.807) is 6.33 Å². The third-order valence-electron chi connectivity index (χ3n) is 5.81. The smallest absolute Gasteiger partial charge is 0.230 e. The summed E-state index contributed by atoms with van der Waals surface area (Å²) in [6.45, 7) is 2.49. The summed E-state index contributed by atoms with van der Waals surface area (Å²) in [4.78, 5) is 12.8. The largest absolute Gasteiger partial charge is 0.351 e. The quantitative estimate of drug-likeness (QED) is 0.289. The van der Waals surface area contributed by atoms with Crippen LogP contribution >= 0.6 is 11.8 Å². The summed E-state index contributed by atoms with van der Waals surface area (Å²) in [6.07, 6.45) is 4.57. The molecule has 0 spiro atoms. The Kier molecular flexibility index (Phi) is 7.23. The number of nitrogens with one attached hydrogen (secondary N) is 1. The third kappa shape index (κ3) is 5.23. The van der Waals surface area contributed by atoms with Gasteiger partial charge in [-0.3, -0.25) is 9.36 Å². The van der Waals surface area contributed by atoms with E-state index in [-0.39, 0.29) is 11.7 Å². The molecule has 1 N–H and O–H groups in total. The number of aromatic nitrogens is 5. The van der Waals surface area contributed by atoms with Gasteiger partial charge in [0.25, 0.3) is 0 Å². The second kappa shape index (κ2) is 11.0. The number of para-hydroxylation sites is 2. The maximum atomic E-state index is 12.8. The number of hydrogen-bond acceptors (Lipinski definition) is 5. The minimum atomic E-state index is -0.0789. The number of rotatable bonds is 9. The van der Waals surface area contributed by atoms with Crippen molar-refractivity contribution in [2.75, 3.05) is 5.75 Å². The zero-order valence-corrected chi connectivity index (χ0v) is 20.7. The van der Waals surface area contributed by atoms with Crippen LogP contribution < -0.4 is 5.32 Å². The molecule has 5 rings (SSSR count). The summed E-state index contributed by atoms with van der Waals surface area (Å²) in [5, 5.41) is 16.9. The molecule has 0 aliphatic rings. The molecule has 0 fully saturated rings. The molecule has 0 saturated carbocycles. The molecule has 0 atom stereocenters. The maximum absolute atomic E-state index is 12.8. The van der Waals surface area contributed by atoms with Crippen LogP contribution in [0.5, 0.6) is 0 Å². The standard InChI is InChI=1S/C28H26N6OS/c1-2-21-11-9-10-16-25(21)33-20-30-31-28(33)36-19-26(35)29-17-23-18-34(24-14-7-4-8-15-24)32-27(23)22-12-5-3-6-13-22/h3-16,18,20H,2,17,19H2,1H3,(H,29,35). The van der Waals surface area contributed by atoms with Crippen LogP contribution in [0.4, 0.5) is 0 Å². The number of nitrogens with zero attached hydrogens (tertiary/aromatic N) is 5.